The monoisotopic (exact) mass is 491 g/mol. The van der Waals surface area contributed by atoms with E-state index >= 15 is 0 Å². The summed E-state index contributed by atoms with van der Waals surface area (Å²) in [6.45, 7) is 0. The first-order valence-electron chi connectivity index (χ1n) is 8.28. The number of carbonyl (C=O) groups excluding carboxylic acids is 2. The van der Waals surface area contributed by atoms with Crippen molar-refractivity contribution in [2.45, 2.75) is 5.16 Å². The van der Waals surface area contributed by atoms with E-state index in [4.69, 9.17) is 5.84 Å². The molecule has 154 valence electrons. The van der Waals surface area contributed by atoms with Crippen molar-refractivity contribution in [3.8, 4) is 11.4 Å². The molecule has 13 heteroatoms. The molecule has 11 nitrogen and oxygen atoms in total. The second-order valence-corrected chi connectivity index (χ2v) is 7.55. The Balaban J connectivity index is 1.55. The van der Waals surface area contributed by atoms with Crippen LogP contribution in [0.5, 0.6) is 0 Å². The number of nitrogens with one attached hydrogen (secondary N) is 2. The number of nitro benzene ring substituents is 1. The van der Waals surface area contributed by atoms with Crippen LogP contribution in [0.3, 0.4) is 0 Å². The van der Waals surface area contributed by atoms with Crippen molar-refractivity contribution >= 4 is 45.2 Å². The number of aromatic nitrogens is 3. The topological polar surface area (TPSA) is 158 Å². The Bertz CT molecular complexity index is 1120. The van der Waals surface area contributed by atoms with Crippen LogP contribution in [0.15, 0.2) is 58.2 Å². The van der Waals surface area contributed by atoms with Gasteiger partial charge in [0.2, 0.25) is 11.1 Å². The summed E-state index contributed by atoms with van der Waals surface area (Å²) in [4.78, 5) is 34.2. The highest BCUT2D eigenvalue weighted by atomic mass is 79.9. The van der Waals surface area contributed by atoms with Crippen molar-refractivity contribution in [2.75, 3.05) is 11.6 Å². The molecule has 0 atom stereocenters. The van der Waals surface area contributed by atoms with Gasteiger partial charge in [-0.05, 0) is 18.2 Å². The number of non-ortho nitro benzene ring substituents is 1. The van der Waals surface area contributed by atoms with Gasteiger partial charge in [-0.2, -0.15) is 0 Å². The zero-order chi connectivity index (χ0) is 21.7. The van der Waals surface area contributed by atoms with E-state index in [1.54, 1.807) is 0 Å². The van der Waals surface area contributed by atoms with Crippen molar-refractivity contribution in [1.82, 2.24) is 25.7 Å². The molecule has 1 aromatic heterocycles. The van der Waals surface area contributed by atoms with Crippen molar-refractivity contribution < 1.29 is 14.5 Å². The molecule has 0 unspecified atom stereocenters. The standard InChI is InChI=1S/C17H14BrN7O4S/c18-13-7-2-1-6-12(13)15-21-23-17(24(15)19)30-9-14(26)20-22-16(27)10-4-3-5-11(8-10)25(28)29/h1-8H,9,19H2,(H,20,26)(H,22,27). The predicted molar refractivity (Wildman–Crippen MR) is 113 cm³/mol. The third-order valence-corrected chi connectivity index (χ3v) is 5.38. The molecule has 2 amide bonds. The molecular weight excluding hydrogens is 478 g/mol. The lowest BCUT2D eigenvalue weighted by atomic mass is 10.2. The Morgan fingerprint density at radius 1 is 1.17 bits per heavy atom. The van der Waals surface area contributed by atoms with Gasteiger partial charge in [0.1, 0.15) is 0 Å². The number of nitro groups is 1. The average Bonchev–Trinajstić information content (AvgIpc) is 3.11. The number of hydrogen-bond acceptors (Lipinski definition) is 8. The van der Waals surface area contributed by atoms with Crippen LogP contribution in [0.2, 0.25) is 0 Å². The fourth-order valence-electron chi connectivity index (χ4n) is 2.33. The lowest BCUT2D eigenvalue weighted by Gasteiger charge is -2.07. The van der Waals surface area contributed by atoms with Gasteiger partial charge in [0, 0.05) is 27.7 Å². The van der Waals surface area contributed by atoms with E-state index in [-0.39, 0.29) is 17.0 Å². The molecule has 0 saturated heterocycles. The molecule has 0 fully saturated rings. The van der Waals surface area contributed by atoms with Gasteiger partial charge >= 0.3 is 0 Å². The summed E-state index contributed by atoms with van der Waals surface area (Å²) in [6.07, 6.45) is 0. The molecule has 3 rings (SSSR count). The number of hydrogen-bond donors (Lipinski definition) is 3. The number of amides is 2. The van der Waals surface area contributed by atoms with Crippen LogP contribution in [0.25, 0.3) is 11.4 Å². The molecule has 0 aliphatic carbocycles. The molecule has 0 saturated carbocycles. The maximum absolute atomic E-state index is 12.0. The molecule has 1 heterocycles. The summed E-state index contributed by atoms with van der Waals surface area (Å²) < 4.78 is 2.06. The lowest BCUT2D eigenvalue weighted by molar-refractivity contribution is -0.384. The highest BCUT2D eigenvalue weighted by Gasteiger charge is 2.16. The molecule has 0 aliphatic rings. The number of carbonyl (C=O) groups is 2. The highest BCUT2D eigenvalue weighted by molar-refractivity contribution is 9.10. The van der Waals surface area contributed by atoms with Crippen LogP contribution >= 0.6 is 27.7 Å². The molecule has 3 aromatic rings. The number of rotatable bonds is 6. The largest absolute Gasteiger partial charge is 0.335 e. The van der Waals surface area contributed by atoms with Gasteiger partial charge in [-0.15, -0.1) is 10.2 Å². The van der Waals surface area contributed by atoms with Crippen LogP contribution in [-0.4, -0.2) is 37.4 Å². The minimum absolute atomic E-state index is 0.0388. The van der Waals surface area contributed by atoms with Crippen LogP contribution in [-0.2, 0) is 4.79 Å². The Hall–Kier alpha value is -3.45. The second kappa shape index (κ2) is 9.37. The van der Waals surface area contributed by atoms with Gasteiger partial charge in [-0.1, -0.05) is 45.9 Å². The number of nitrogens with zero attached hydrogens (tertiary/aromatic N) is 4. The first kappa shape index (κ1) is 21.3. The van der Waals surface area contributed by atoms with E-state index in [2.05, 4.69) is 37.0 Å². The molecular formula is C17H14BrN7O4S. The number of halogens is 1. The third-order valence-electron chi connectivity index (χ3n) is 3.75. The van der Waals surface area contributed by atoms with Crippen molar-refractivity contribution in [3.05, 3.63) is 68.7 Å². The van der Waals surface area contributed by atoms with Crippen molar-refractivity contribution in [1.29, 1.82) is 0 Å². The van der Waals surface area contributed by atoms with Gasteiger partial charge < -0.3 is 5.84 Å². The minimum Gasteiger partial charge on any atom is -0.335 e. The van der Waals surface area contributed by atoms with Crippen molar-refractivity contribution in [2.24, 2.45) is 0 Å². The molecule has 4 N–H and O–H groups in total. The van der Waals surface area contributed by atoms with E-state index in [0.717, 1.165) is 27.9 Å². The smallest absolute Gasteiger partial charge is 0.270 e. The summed E-state index contributed by atoms with van der Waals surface area (Å²) in [5.41, 5.74) is 4.98. The summed E-state index contributed by atoms with van der Waals surface area (Å²) in [6, 6.07) is 12.5. The van der Waals surface area contributed by atoms with E-state index in [9.17, 15) is 19.7 Å². The van der Waals surface area contributed by atoms with Crippen LogP contribution < -0.4 is 16.7 Å². The normalized spacial score (nSPS) is 10.4. The van der Waals surface area contributed by atoms with E-state index in [1.807, 2.05) is 24.3 Å². The summed E-state index contributed by atoms with van der Waals surface area (Å²) in [5, 5.41) is 19.1. The maximum atomic E-state index is 12.0. The number of nitrogens with two attached hydrogens (primary N) is 1. The number of thioether (sulfide) groups is 1. The molecule has 30 heavy (non-hydrogen) atoms. The van der Waals surface area contributed by atoms with Crippen LogP contribution in [0.4, 0.5) is 5.69 Å². The lowest BCUT2D eigenvalue weighted by Crippen LogP contribution is -2.42. The van der Waals surface area contributed by atoms with Gasteiger partial charge in [0.15, 0.2) is 5.82 Å². The molecule has 0 aliphatic heterocycles. The zero-order valence-corrected chi connectivity index (χ0v) is 17.5. The number of hydrazine groups is 1. The molecule has 2 aromatic carbocycles. The Morgan fingerprint density at radius 3 is 2.67 bits per heavy atom. The predicted octanol–water partition coefficient (Wildman–Crippen LogP) is 1.88. The van der Waals surface area contributed by atoms with E-state index in [0.29, 0.717) is 11.0 Å². The fraction of sp³-hybridized carbons (Fsp3) is 0.0588. The van der Waals surface area contributed by atoms with Gasteiger partial charge in [0.05, 0.1) is 10.7 Å². The molecule has 0 radical (unpaired) electrons. The Labute approximate surface area is 182 Å². The third kappa shape index (κ3) is 4.93. The molecule has 0 spiro atoms. The second-order valence-electron chi connectivity index (χ2n) is 5.75. The first-order chi connectivity index (χ1) is 14.4. The summed E-state index contributed by atoms with van der Waals surface area (Å²) in [5.74, 6) is 5.14. The minimum atomic E-state index is -0.685. The summed E-state index contributed by atoms with van der Waals surface area (Å²) >= 11 is 4.45. The van der Waals surface area contributed by atoms with E-state index in [1.165, 1.54) is 22.9 Å². The highest BCUT2D eigenvalue weighted by Crippen LogP contribution is 2.27. The van der Waals surface area contributed by atoms with Crippen LogP contribution in [0, 0.1) is 10.1 Å². The Kier molecular flexibility index (Phi) is 6.64. The zero-order valence-electron chi connectivity index (χ0n) is 15.1. The number of nitrogen functional groups attached to an aromatic ring is 1. The van der Waals surface area contributed by atoms with Crippen molar-refractivity contribution in [3.63, 3.8) is 0 Å². The maximum Gasteiger partial charge on any atom is 0.270 e. The molecule has 0 bridgehead atoms. The van der Waals surface area contributed by atoms with Gasteiger partial charge in [-0.3, -0.25) is 30.6 Å². The van der Waals surface area contributed by atoms with Crippen LogP contribution in [0.1, 0.15) is 10.4 Å². The number of benzene rings is 2. The Morgan fingerprint density at radius 2 is 1.93 bits per heavy atom. The summed E-state index contributed by atoms with van der Waals surface area (Å²) in [7, 11) is 0. The SMILES string of the molecule is Nn1c(SCC(=O)NNC(=O)c2cccc([N+](=O)[O-])c2)nnc1-c1ccccc1Br. The van der Waals surface area contributed by atoms with Gasteiger partial charge in [0.25, 0.3) is 11.6 Å². The quantitative estimate of drug-likeness (QED) is 0.204. The average molecular weight is 492 g/mol. The fourth-order valence-corrected chi connectivity index (χ4v) is 3.45. The first-order valence-corrected chi connectivity index (χ1v) is 10.1. The van der Waals surface area contributed by atoms with Gasteiger partial charge in [-0.25, -0.2) is 4.68 Å². The van der Waals surface area contributed by atoms with E-state index < -0.39 is 16.7 Å².